The quantitative estimate of drug-likeness (QED) is 0.748. The lowest BCUT2D eigenvalue weighted by atomic mass is 10.00. The number of hydrogen-bond donors (Lipinski definition) is 0. The van der Waals surface area contributed by atoms with Crippen molar-refractivity contribution < 1.29 is 14.3 Å². The van der Waals surface area contributed by atoms with E-state index in [4.69, 9.17) is 9.47 Å². The van der Waals surface area contributed by atoms with E-state index in [1.54, 1.807) is 12.0 Å². The molecule has 0 bridgehead atoms. The van der Waals surface area contributed by atoms with Gasteiger partial charge in [0, 0.05) is 26.2 Å². The molecule has 0 aliphatic carbocycles. The number of likely N-dealkylation sites (tertiary alicyclic amines) is 1. The molecule has 1 atom stereocenters. The van der Waals surface area contributed by atoms with Gasteiger partial charge in [0.25, 0.3) is 5.91 Å². The maximum atomic E-state index is 12.7. The first kappa shape index (κ1) is 20.8. The molecule has 1 aromatic heterocycles. The Morgan fingerprint density at radius 3 is 2.77 bits per heavy atom. The smallest absolute Gasteiger partial charge is 0.276 e. The van der Waals surface area contributed by atoms with Gasteiger partial charge >= 0.3 is 0 Å². The second-order valence-corrected chi connectivity index (χ2v) is 8.20. The van der Waals surface area contributed by atoms with Gasteiger partial charge in [0.15, 0.2) is 5.69 Å². The van der Waals surface area contributed by atoms with Crippen LogP contribution in [0.25, 0.3) is 0 Å². The summed E-state index contributed by atoms with van der Waals surface area (Å²) >= 11 is 0. The van der Waals surface area contributed by atoms with E-state index < -0.39 is 0 Å². The van der Waals surface area contributed by atoms with Crippen LogP contribution in [-0.4, -0.2) is 77.2 Å². The van der Waals surface area contributed by atoms with Crippen LogP contribution in [-0.2, 0) is 11.3 Å². The number of morpholine rings is 1. The lowest BCUT2D eigenvalue weighted by Gasteiger charge is -2.33. The van der Waals surface area contributed by atoms with Crippen LogP contribution >= 0.6 is 0 Å². The third-order valence-corrected chi connectivity index (χ3v) is 6.35. The maximum Gasteiger partial charge on any atom is 0.276 e. The highest BCUT2D eigenvalue weighted by molar-refractivity contribution is 5.92. The van der Waals surface area contributed by atoms with Crippen LogP contribution in [0, 0.1) is 13.8 Å². The molecule has 0 saturated carbocycles. The van der Waals surface area contributed by atoms with E-state index >= 15 is 0 Å². The Balaban J connectivity index is 1.41. The minimum Gasteiger partial charge on any atom is -0.496 e. The summed E-state index contributed by atoms with van der Waals surface area (Å²) in [5.74, 6) is 0.884. The highest BCUT2D eigenvalue weighted by Crippen LogP contribution is 2.27. The van der Waals surface area contributed by atoms with Crippen LogP contribution in [0.5, 0.6) is 5.75 Å². The first-order valence-electron chi connectivity index (χ1n) is 10.7. The normalized spacial score (nSPS) is 20.4. The number of rotatable bonds is 5. The lowest BCUT2D eigenvalue weighted by molar-refractivity contribution is 0.0299. The second-order valence-electron chi connectivity index (χ2n) is 8.20. The predicted octanol–water partition coefficient (Wildman–Crippen LogP) is 2.21. The summed E-state index contributed by atoms with van der Waals surface area (Å²) in [6.07, 6.45) is 3.96. The number of methoxy groups -OCH3 is 1. The lowest BCUT2D eigenvalue weighted by Crippen LogP contribution is -2.40. The summed E-state index contributed by atoms with van der Waals surface area (Å²) in [4.78, 5) is 16.9. The summed E-state index contributed by atoms with van der Waals surface area (Å²) in [6, 6.07) is 4.46. The van der Waals surface area contributed by atoms with Crippen LogP contribution in [0.3, 0.4) is 0 Å². The molecule has 8 heteroatoms. The highest BCUT2D eigenvalue weighted by atomic mass is 16.5. The number of piperidine rings is 1. The Labute approximate surface area is 177 Å². The van der Waals surface area contributed by atoms with Gasteiger partial charge in [-0.3, -0.25) is 9.69 Å². The maximum absolute atomic E-state index is 12.7. The number of hydrogen-bond acceptors (Lipinski definition) is 6. The Hall–Kier alpha value is -2.45. The van der Waals surface area contributed by atoms with Crippen LogP contribution in [0.2, 0.25) is 0 Å². The van der Waals surface area contributed by atoms with Gasteiger partial charge in [0.2, 0.25) is 0 Å². The molecule has 8 nitrogen and oxygen atoms in total. The van der Waals surface area contributed by atoms with Crippen LogP contribution in [0.1, 0.15) is 46.1 Å². The molecule has 4 rings (SSSR count). The molecule has 30 heavy (non-hydrogen) atoms. The minimum absolute atomic E-state index is 0.0541. The fourth-order valence-electron chi connectivity index (χ4n) is 4.36. The van der Waals surface area contributed by atoms with Crippen molar-refractivity contribution in [3.63, 3.8) is 0 Å². The molecule has 1 unspecified atom stereocenters. The highest BCUT2D eigenvalue weighted by Gasteiger charge is 2.26. The first-order chi connectivity index (χ1) is 14.6. The van der Waals surface area contributed by atoms with Crippen LogP contribution in [0.4, 0.5) is 0 Å². The van der Waals surface area contributed by atoms with Crippen molar-refractivity contribution >= 4 is 5.91 Å². The number of carbonyl (C=O) groups is 1. The first-order valence-corrected chi connectivity index (χ1v) is 10.7. The van der Waals surface area contributed by atoms with Crippen molar-refractivity contribution in [2.45, 2.75) is 39.3 Å². The molecule has 2 aliphatic heterocycles. The van der Waals surface area contributed by atoms with E-state index in [1.165, 1.54) is 16.7 Å². The van der Waals surface area contributed by atoms with Crippen molar-refractivity contribution in [3.8, 4) is 5.75 Å². The summed E-state index contributed by atoms with van der Waals surface area (Å²) in [5, 5.41) is 8.47. The number of ether oxygens (including phenoxy) is 2. The van der Waals surface area contributed by atoms with Gasteiger partial charge < -0.3 is 14.4 Å². The van der Waals surface area contributed by atoms with Gasteiger partial charge in [-0.2, -0.15) is 0 Å². The molecule has 3 heterocycles. The Kier molecular flexibility index (Phi) is 6.34. The molecule has 2 aliphatic rings. The third-order valence-electron chi connectivity index (χ3n) is 6.35. The summed E-state index contributed by atoms with van der Waals surface area (Å²) < 4.78 is 12.6. The molecular weight excluding hydrogens is 382 g/mol. The van der Waals surface area contributed by atoms with E-state index in [-0.39, 0.29) is 11.9 Å². The zero-order valence-electron chi connectivity index (χ0n) is 18.1. The van der Waals surface area contributed by atoms with Crippen molar-refractivity contribution in [1.82, 2.24) is 24.8 Å². The molecule has 0 radical (unpaired) electrons. The van der Waals surface area contributed by atoms with E-state index in [2.05, 4.69) is 41.2 Å². The Morgan fingerprint density at radius 1 is 1.20 bits per heavy atom. The molecule has 2 saturated heterocycles. The fraction of sp³-hybridized carbons (Fsp3) is 0.591. The van der Waals surface area contributed by atoms with Crippen molar-refractivity contribution in [2.24, 2.45) is 0 Å². The molecule has 2 aromatic rings. The third kappa shape index (κ3) is 4.34. The Bertz CT molecular complexity index is 891. The largest absolute Gasteiger partial charge is 0.496 e. The monoisotopic (exact) mass is 413 g/mol. The molecular formula is C22H31N5O3. The zero-order chi connectivity index (χ0) is 21.1. The van der Waals surface area contributed by atoms with E-state index in [1.807, 2.05) is 10.9 Å². The number of nitrogens with zero attached hydrogens (tertiary/aromatic N) is 5. The average molecular weight is 414 g/mol. The fourth-order valence-corrected chi connectivity index (χ4v) is 4.36. The predicted molar refractivity (Wildman–Crippen MR) is 113 cm³/mol. The summed E-state index contributed by atoms with van der Waals surface area (Å²) in [7, 11) is 1.72. The Morgan fingerprint density at radius 2 is 2.00 bits per heavy atom. The molecule has 0 N–H and O–H groups in total. The molecule has 0 spiro atoms. The number of aromatic nitrogens is 3. The molecule has 1 aromatic carbocycles. The van der Waals surface area contributed by atoms with Gasteiger partial charge in [-0.05, 0) is 56.0 Å². The summed E-state index contributed by atoms with van der Waals surface area (Å²) in [6.45, 7) is 9.54. The van der Waals surface area contributed by atoms with E-state index in [0.717, 1.165) is 38.2 Å². The van der Waals surface area contributed by atoms with Gasteiger partial charge in [0.1, 0.15) is 5.75 Å². The van der Waals surface area contributed by atoms with Gasteiger partial charge in [0.05, 0.1) is 32.6 Å². The summed E-state index contributed by atoms with van der Waals surface area (Å²) in [5.41, 5.74) is 4.24. The number of benzene rings is 1. The van der Waals surface area contributed by atoms with Gasteiger partial charge in [-0.1, -0.05) is 11.3 Å². The molecule has 1 amide bonds. The SMILES string of the molecule is COc1ccc(CN2CCCC(n3cc(C(=O)N4CCOCC4)nn3)C2)c(C)c1C. The van der Waals surface area contributed by atoms with Crippen molar-refractivity contribution in [1.29, 1.82) is 0 Å². The number of carbonyl (C=O) groups excluding carboxylic acids is 1. The molecule has 2 fully saturated rings. The van der Waals surface area contributed by atoms with E-state index in [0.29, 0.717) is 32.0 Å². The van der Waals surface area contributed by atoms with Crippen molar-refractivity contribution in [3.05, 3.63) is 40.7 Å². The number of amides is 1. The molecule has 162 valence electrons. The zero-order valence-corrected chi connectivity index (χ0v) is 18.1. The van der Waals surface area contributed by atoms with Crippen LogP contribution in [0.15, 0.2) is 18.3 Å². The standard InChI is InChI=1S/C22H31N5O3/c1-16-17(2)21(29-3)7-6-18(16)13-25-8-4-5-19(14-25)27-15-20(23-24-27)22(28)26-9-11-30-12-10-26/h6-7,15,19H,4-5,8-14H2,1-3H3. The average Bonchev–Trinajstić information content (AvgIpc) is 3.28. The van der Waals surface area contributed by atoms with Gasteiger partial charge in [-0.25, -0.2) is 4.68 Å². The topological polar surface area (TPSA) is 72.7 Å². The van der Waals surface area contributed by atoms with E-state index in [9.17, 15) is 4.79 Å². The second kappa shape index (κ2) is 9.14. The van der Waals surface area contributed by atoms with Gasteiger partial charge in [-0.15, -0.1) is 5.10 Å². The minimum atomic E-state index is -0.0541. The van der Waals surface area contributed by atoms with Crippen molar-refractivity contribution in [2.75, 3.05) is 46.5 Å². The van der Waals surface area contributed by atoms with Crippen LogP contribution < -0.4 is 4.74 Å².